The zero-order valence-corrected chi connectivity index (χ0v) is 60.8. The van der Waals surface area contributed by atoms with Crippen LogP contribution in [0, 0.1) is 29.6 Å². The predicted molar refractivity (Wildman–Crippen MR) is 402 cm³/mol. The van der Waals surface area contributed by atoms with Crippen molar-refractivity contribution >= 4 is 90.8 Å². The molecule has 0 aromatic carbocycles. The Bertz CT molecular complexity index is 3710. The number of pyridine rings is 4. The quantitative estimate of drug-likeness (QED) is 0.0195. The number of esters is 4. The van der Waals surface area contributed by atoms with Crippen LogP contribution in [0.3, 0.4) is 0 Å². The van der Waals surface area contributed by atoms with Crippen LogP contribution in [0.2, 0.25) is 0 Å². The van der Waals surface area contributed by atoms with Gasteiger partial charge in [-0.05, 0) is 158 Å². The number of fused-ring (bicyclic) bond motifs is 4. The number of nitrogens with one attached hydrogen (secondary N) is 8. The summed E-state index contributed by atoms with van der Waals surface area (Å²) in [5, 5.41) is 18.6. The van der Waals surface area contributed by atoms with Gasteiger partial charge in [0, 0.05) is 95.3 Å². The number of aromatic amines is 4. The van der Waals surface area contributed by atoms with E-state index in [-0.39, 0.29) is 42.2 Å². The molecule has 8 aromatic rings. The molecule has 0 spiro atoms. The van der Waals surface area contributed by atoms with Crippen molar-refractivity contribution in [3.63, 3.8) is 0 Å². The molecule has 7 aliphatic carbocycles. The van der Waals surface area contributed by atoms with Crippen molar-refractivity contribution < 1.29 is 38.1 Å². The first-order valence-electron chi connectivity index (χ1n) is 39.0. The number of H-pyrrole nitrogens is 4. The second-order valence-electron chi connectivity index (χ2n) is 30.5. The van der Waals surface area contributed by atoms with E-state index in [9.17, 15) is 19.2 Å². The minimum atomic E-state index is -0.311. The lowest BCUT2D eigenvalue weighted by Gasteiger charge is -2.31. The minimum absolute atomic E-state index is 0.103. The number of hydrogen-bond acceptors (Lipinski definition) is 16. The van der Waals surface area contributed by atoms with Gasteiger partial charge >= 0.3 is 23.9 Å². The summed E-state index contributed by atoms with van der Waals surface area (Å²) in [5.74, 6) is 2.66. The number of ether oxygens (including phenoxy) is 4. The summed E-state index contributed by atoms with van der Waals surface area (Å²) in [6.45, 7) is 13.3. The van der Waals surface area contributed by atoms with Crippen molar-refractivity contribution in [2.45, 2.75) is 277 Å². The van der Waals surface area contributed by atoms with E-state index in [0.29, 0.717) is 58.9 Å². The third-order valence-corrected chi connectivity index (χ3v) is 21.6. The normalized spacial score (nSPS) is 22.8. The van der Waals surface area contributed by atoms with E-state index in [1.54, 1.807) is 24.8 Å². The minimum Gasteiger partial charge on any atom is -0.462 e. The average Bonchev–Trinajstić information content (AvgIpc) is 1.75. The third kappa shape index (κ3) is 19.7. The highest BCUT2D eigenvalue weighted by Crippen LogP contribution is 2.40. The van der Waals surface area contributed by atoms with Gasteiger partial charge in [0.2, 0.25) is 0 Å². The van der Waals surface area contributed by atoms with E-state index < -0.39 is 0 Å². The largest absolute Gasteiger partial charge is 0.462 e. The number of rotatable bonds is 25. The van der Waals surface area contributed by atoms with Gasteiger partial charge in [-0.1, -0.05) is 130 Å². The Morgan fingerprint density at radius 1 is 0.396 bits per heavy atom. The molecule has 8 heterocycles. The van der Waals surface area contributed by atoms with Gasteiger partial charge in [0.15, 0.2) is 0 Å². The van der Waals surface area contributed by atoms with Gasteiger partial charge in [0.05, 0.1) is 35.5 Å². The molecule has 20 heteroatoms. The fourth-order valence-corrected chi connectivity index (χ4v) is 16.1. The third-order valence-electron chi connectivity index (χ3n) is 21.6. The molecular weight excluding hydrogens is 1270 g/mol. The Labute approximate surface area is 596 Å². The molecule has 0 bridgehead atoms. The van der Waals surface area contributed by atoms with Gasteiger partial charge in [-0.2, -0.15) is 0 Å². The Kier molecular flexibility index (Phi) is 25.3. The Morgan fingerprint density at radius 3 is 0.970 bits per heavy atom. The fourth-order valence-electron chi connectivity index (χ4n) is 16.1. The van der Waals surface area contributed by atoms with Crippen LogP contribution >= 0.6 is 0 Å². The molecule has 20 nitrogen and oxygen atoms in total. The lowest BCUT2D eigenvalue weighted by molar-refractivity contribution is 0.0376. The highest BCUT2D eigenvalue weighted by molar-refractivity contribution is 6.07. The van der Waals surface area contributed by atoms with E-state index in [1.165, 1.54) is 141 Å². The smallest absolute Gasteiger partial charge is 0.342 e. The number of carbonyl (C=O) groups excluding carboxylic acids is 4. The second-order valence-corrected chi connectivity index (χ2v) is 30.5. The lowest BCUT2D eigenvalue weighted by Crippen LogP contribution is -2.28. The zero-order valence-electron chi connectivity index (χ0n) is 60.8. The molecule has 0 amide bonds. The average molecular weight is 1380 g/mol. The molecule has 0 saturated heterocycles. The molecule has 7 aliphatic rings. The second kappa shape index (κ2) is 35.1. The van der Waals surface area contributed by atoms with Gasteiger partial charge in [-0.25, -0.2) is 39.1 Å². The van der Waals surface area contributed by atoms with Crippen molar-refractivity contribution in [2.75, 3.05) is 27.9 Å². The van der Waals surface area contributed by atoms with E-state index in [4.69, 9.17) is 18.9 Å². The van der Waals surface area contributed by atoms with Crippen molar-refractivity contribution in [1.29, 1.82) is 0 Å². The summed E-state index contributed by atoms with van der Waals surface area (Å²) in [4.78, 5) is 80.5. The van der Waals surface area contributed by atoms with E-state index in [2.05, 4.69) is 88.8 Å². The van der Waals surface area contributed by atoms with Crippen LogP contribution in [0.1, 0.15) is 276 Å². The van der Waals surface area contributed by atoms with Crippen LogP contribution in [-0.2, 0) is 18.9 Å². The maximum atomic E-state index is 12.7. The van der Waals surface area contributed by atoms with Gasteiger partial charge in [-0.15, -0.1) is 0 Å². The Balaban J connectivity index is 0.000000127. The van der Waals surface area contributed by atoms with Crippen molar-refractivity contribution in [3.8, 4) is 0 Å². The molecule has 544 valence electrons. The molecule has 101 heavy (non-hydrogen) atoms. The fraction of sp³-hybridized carbons (Fsp3) is 0.605. The maximum absolute atomic E-state index is 12.7. The van der Waals surface area contributed by atoms with Gasteiger partial charge in [0.25, 0.3) is 0 Å². The zero-order chi connectivity index (χ0) is 70.2. The summed E-state index contributed by atoms with van der Waals surface area (Å²) < 4.78 is 22.0. The number of aromatic nitrogens is 8. The SMILES string of the molecule is CCC[C@@H]1CCC[C@H](Nc2c(C(=O)OC3CC3)cnc3[nH]ccc23)C1.CCC[C@@H]1CCC[C@H](Nc2c(C(=O)OCC3CC3)cnc3[nH]ccc23)C1.CCC[C@H]1CCC[C@@H](Nc2c(C(=O)OC(C)C)cnc3[nH]ccc23)C1.CCC[C@H]1CCC[C@@H](Nc2c(C(=O)OC3CC3)cnc3[nH]ccc23)C1. The summed E-state index contributed by atoms with van der Waals surface area (Å²) >= 11 is 0. The van der Waals surface area contributed by atoms with Crippen LogP contribution in [0.5, 0.6) is 0 Å². The first-order valence-corrected chi connectivity index (χ1v) is 39.0. The maximum Gasteiger partial charge on any atom is 0.342 e. The molecule has 7 fully saturated rings. The number of anilines is 4. The summed E-state index contributed by atoms with van der Waals surface area (Å²) in [7, 11) is 0. The monoisotopic (exact) mass is 1380 g/mol. The molecule has 8 N–H and O–H groups in total. The van der Waals surface area contributed by atoms with Gasteiger partial charge in [0.1, 0.15) is 57.1 Å². The van der Waals surface area contributed by atoms with Gasteiger partial charge in [-0.3, -0.25) is 0 Å². The molecule has 0 aliphatic heterocycles. The first-order chi connectivity index (χ1) is 49.3. The molecule has 15 rings (SSSR count). The van der Waals surface area contributed by atoms with E-state index >= 15 is 0 Å². The highest BCUT2D eigenvalue weighted by Gasteiger charge is 2.34. The highest BCUT2D eigenvalue weighted by atomic mass is 16.6. The van der Waals surface area contributed by atoms with Crippen LogP contribution in [0.4, 0.5) is 22.7 Å². The van der Waals surface area contributed by atoms with Crippen LogP contribution in [0.25, 0.3) is 44.1 Å². The summed E-state index contributed by atoms with van der Waals surface area (Å²) in [5.41, 5.74) is 8.98. The first kappa shape index (κ1) is 72.6. The van der Waals surface area contributed by atoms with Crippen LogP contribution < -0.4 is 21.3 Å². The Morgan fingerprint density at radius 2 is 0.693 bits per heavy atom. The van der Waals surface area contributed by atoms with Crippen LogP contribution in [0.15, 0.2) is 73.8 Å². The lowest BCUT2D eigenvalue weighted by atomic mass is 9.83. The molecule has 0 unspecified atom stereocenters. The van der Waals surface area contributed by atoms with Crippen LogP contribution in [-0.4, -0.2) is 113 Å². The standard InChI is InChI=1S/C21H29N3O2.2C20H27N3O2.C20H29N3O2/c1-2-4-14-5-3-6-16(11-14)24-19-17-9-10-22-20(17)23-12-18(19)21(25)26-13-15-7-8-15;2*1-2-4-13-5-3-6-14(11-13)23-18-16-9-10-21-19(16)22-12-17(18)20(24)25-15-7-8-15;1-4-6-14-7-5-8-15(11-14)23-18-16-9-10-21-19(16)22-12-17(18)20(24)25-13(2)3/h9-10,12,14-16H,2-8,11,13H2,1H3,(H2,22,23,24);2*9-10,12-15H,2-8,11H2,1H3,(H2,21,22,23);9-10,12-15H,4-8,11H2,1-3H3,(H2,21,22,23)/t14-,16+;2*13-,14+;14-,15+/m1100/s1. The summed E-state index contributed by atoms with van der Waals surface area (Å²) in [6.07, 6.45) is 50.2. The summed E-state index contributed by atoms with van der Waals surface area (Å²) in [6, 6.07) is 9.59. The molecule has 0 radical (unpaired) electrons. The molecule has 8 aromatic heterocycles. The predicted octanol–water partition coefficient (Wildman–Crippen LogP) is 19.1. The van der Waals surface area contributed by atoms with E-state index in [0.717, 1.165) is 142 Å². The van der Waals surface area contributed by atoms with Crippen molar-refractivity contribution in [3.05, 3.63) is 96.1 Å². The molecule has 7 saturated carbocycles. The molecule has 8 atom stereocenters. The number of carbonyl (C=O) groups is 4. The van der Waals surface area contributed by atoms with Crippen molar-refractivity contribution in [1.82, 2.24) is 39.9 Å². The number of nitrogens with zero attached hydrogens (tertiary/aromatic N) is 4. The Hall–Kier alpha value is -8.16. The topological polar surface area (TPSA) is 268 Å². The molecular formula is C81H112N12O8. The number of hydrogen-bond donors (Lipinski definition) is 8. The van der Waals surface area contributed by atoms with Gasteiger partial charge < -0.3 is 60.2 Å². The van der Waals surface area contributed by atoms with E-state index in [1.807, 2.05) is 62.9 Å². The van der Waals surface area contributed by atoms with Crippen molar-refractivity contribution in [2.24, 2.45) is 29.6 Å².